The maximum Gasteiger partial charge on any atom is 0.165 e. The van der Waals surface area contributed by atoms with Crippen LogP contribution in [-0.2, 0) is 0 Å². The molecule has 0 aromatic heterocycles. The molecule has 0 heterocycles. The number of aliphatic hydroxyl groups is 1. The van der Waals surface area contributed by atoms with Crippen LogP contribution in [0.1, 0.15) is 20.8 Å². The van der Waals surface area contributed by atoms with Crippen molar-refractivity contribution in [3.8, 4) is 5.75 Å². The van der Waals surface area contributed by atoms with Gasteiger partial charge in [-0.1, -0.05) is 19.1 Å². The Hall–Kier alpha value is -1.13. The Labute approximate surface area is 108 Å². The molecular formula is C14H22FNO2. The molecule has 0 aliphatic carbocycles. The van der Waals surface area contributed by atoms with Crippen LogP contribution in [0, 0.1) is 5.82 Å². The Morgan fingerprint density at radius 3 is 2.56 bits per heavy atom. The van der Waals surface area contributed by atoms with Gasteiger partial charge in [-0.15, -0.1) is 0 Å². The number of para-hydroxylation sites is 1. The van der Waals surface area contributed by atoms with Gasteiger partial charge < -0.3 is 9.84 Å². The second kappa shape index (κ2) is 6.71. The smallest absolute Gasteiger partial charge is 0.165 e. The largest absolute Gasteiger partial charge is 0.489 e. The van der Waals surface area contributed by atoms with Crippen LogP contribution in [0.3, 0.4) is 0 Å². The zero-order valence-corrected chi connectivity index (χ0v) is 11.3. The normalized spacial score (nSPS) is 11.9. The average molecular weight is 255 g/mol. The van der Waals surface area contributed by atoms with E-state index in [1.165, 1.54) is 6.07 Å². The molecule has 3 nitrogen and oxygen atoms in total. The van der Waals surface area contributed by atoms with Crippen molar-refractivity contribution in [1.29, 1.82) is 0 Å². The summed E-state index contributed by atoms with van der Waals surface area (Å²) in [6.45, 7) is 8.03. The van der Waals surface area contributed by atoms with Gasteiger partial charge in [0.05, 0.1) is 5.60 Å². The molecule has 0 saturated heterocycles. The molecule has 1 aromatic carbocycles. The summed E-state index contributed by atoms with van der Waals surface area (Å²) < 4.78 is 18.7. The molecule has 0 saturated carbocycles. The lowest BCUT2D eigenvalue weighted by Gasteiger charge is -2.27. The number of likely N-dealkylation sites (N-methyl/N-ethyl adjacent to an activating group) is 1. The van der Waals surface area contributed by atoms with Crippen LogP contribution in [0.5, 0.6) is 5.75 Å². The van der Waals surface area contributed by atoms with Crippen LogP contribution in [0.4, 0.5) is 4.39 Å². The number of benzene rings is 1. The van der Waals surface area contributed by atoms with Crippen LogP contribution in [0.2, 0.25) is 0 Å². The molecule has 1 aromatic rings. The molecular weight excluding hydrogens is 233 g/mol. The first-order valence-corrected chi connectivity index (χ1v) is 6.24. The van der Waals surface area contributed by atoms with Gasteiger partial charge in [-0.25, -0.2) is 4.39 Å². The van der Waals surface area contributed by atoms with Crippen molar-refractivity contribution >= 4 is 0 Å². The fourth-order valence-corrected chi connectivity index (χ4v) is 1.74. The predicted molar refractivity (Wildman–Crippen MR) is 70.3 cm³/mol. The van der Waals surface area contributed by atoms with Crippen molar-refractivity contribution in [2.45, 2.75) is 26.4 Å². The van der Waals surface area contributed by atoms with Crippen molar-refractivity contribution in [2.75, 3.05) is 26.2 Å². The summed E-state index contributed by atoms with van der Waals surface area (Å²) >= 11 is 0. The molecule has 0 bridgehead atoms. The van der Waals surface area contributed by atoms with E-state index in [1.54, 1.807) is 32.0 Å². The molecule has 0 aliphatic heterocycles. The molecule has 0 spiro atoms. The first kappa shape index (κ1) is 14.9. The van der Waals surface area contributed by atoms with Gasteiger partial charge in [-0.3, -0.25) is 4.90 Å². The van der Waals surface area contributed by atoms with E-state index in [9.17, 15) is 9.50 Å². The van der Waals surface area contributed by atoms with E-state index >= 15 is 0 Å². The van der Waals surface area contributed by atoms with Gasteiger partial charge in [-0.05, 0) is 32.5 Å². The maximum absolute atomic E-state index is 13.3. The Kier molecular flexibility index (Phi) is 5.56. The minimum Gasteiger partial charge on any atom is -0.489 e. The quantitative estimate of drug-likeness (QED) is 0.811. The third-order valence-electron chi connectivity index (χ3n) is 2.56. The lowest BCUT2D eigenvalue weighted by molar-refractivity contribution is 0.0338. The lowest BCUT2D eigenvalue weighted by Crippen LogP contribution is -2.40. The summed E-state index contributed by atoms with van der Waals surface area (Å²) in [7, 11) is 0. The molecule has 18 heavy (non-hydrogen) atoms. The van der Waals surface area contributed by atoms with Crippen molar-refractivity contribution < 1.29 is 14.2 Å². The first-order valence-electron chi connectivity index (χ1n) is 6.24. The summed E-state index contributed by atoms with van der Waals surface area (Å²) in [5, 5.41) is 9.74. The second-order valence-electron chi connectivity index (χ2n) is 4.96. The van der Waals surface area contributed by atoms with Gasteiger partial charge in [-0.2, -0.15) is 0 Å². The van der Waals surface area contributed by atoms with Gasteiger partial charge in [0, 0.05) is 13.1 Å². The summed E-state index contributed by atoms with van der Waals surface area (Å²) in [4.78, 5) is 2.07. The van der Waals surface area contributed by atoms with E-state index in [2.05, 4.69) is 4.90 Å². The highest BCUT2D eigenvalue weighted by atomic mass is 19.1. The average Bonchev–Trinajstić information content (AvgIpc) is 2.28. The molecule has 0 amide bonds. The van der Waals surface area contributed by atoms with Gasteiger partial charge in [0.2, 0.25) is 0 Å². The van der Waals surface area contributed by atoms with E-state index in [-0.39, 0.29) is 11.6 Å². The summed E-state index contributed by atoms with van der Waals surface area (Å²) in [5.74, 6) is -0.0696. The van der Waals surface area contributed by atoms with Crippen LogP contribution >= 0.6 is 0 Å². The van der Waals surface area contributed by atoms with E-state index in [0.717, 1.165) is 6.54 Å². The van der Waals surface area contributed by atoms with Crippen LogP contribution < -0.4 is 4.74 Å². The van der Waals surface area contributed by atoms with Crippen molar-refractivity contribution in [1.82, 2.24) is 4.90 Å². The molecule has 4 heteroatoms. The Balaban J connectivity index is 2.38. The summed E-state index contributed by atoms with van der Waals surface area (Å²) in [6, 6.07) is 6.37. The second-order valence-corrected chi connectivity index (χ2v) is 4.96. The number of hydrogen-bond acceptors (Lipinski definition) is 3. The maximum atomic E-state index is 13.3. The minimum atomic E-state index is -0.728. The van der Waals surface area contributed by atoms with E-state index < -0.39 is 5.60 Å². The van der Waals surface area contributed by atoms with Crippen LogP contribution in [0.25, 0.3) is 0 Å². The van der Waals surface area contributed by atoms with Gasteiger partial charge in [0.1, 0.15) is 6.61 Å². The highest BCUT2D eigenvalue weighted by Crippen LogP contribution is 2.15. The zero-order chi connectivity index (χ0) is 13.6. The fraction of sp³-hybridized carbons (Fsp3) is 0.571. The van der Waals surface area contributed by atoms with Crippen molar-refractivity contribution in [3.05, 3.63) is 30.1 Å². The summed E-state index contributed by atoms with van der Waals surface area (Å²) in [5.41, 5.74) is -0.728. The van der Waals surface area contributed by atoms with Gasteiger partial charge >= 0.3 is 0 Å². The van der Waals surface area contributed by atoms with E-state index in [0.29, 0.717) is 19.7 Å². The fourth-order valence-electron chi connectivity index (χ4n) is 1.74. The highest BCUT2D eigenvalue weighted by molar-refractivity contribution is 5.23. The van der Waals surface area contributed by atoms with Crippen LogP contribution in [-0.4, -0.2) is 41.8 Å². The lowest BCUT2D eigenvalue weighted by atomic mass is 10.1. The van der Waals surface area contributed by atoms with Crippen molar-refractivity contribution in [3.63, 3.8) is 0 Å². The van der Waals surface area contributed by atoms with E-state index in [1.807, 2.05) is 6.92 Å². The molecule has 0 fully saturated rings. The number of hydrogen-bond donors (Lipinski definition) is 1. The Morgan fingerprint density at radius 1 is 1.33 bits per heavy atom. The van der Waals surface area contributed by atoms with E-state index in [4.69, 9.17) is 4.74 Å². The Bertz CT molecular complexity index is 363. The van der Waals surface area contributed by atoms with Crippen LogP contribution in [0.15, 0.2) is 24.3 Å². The minimum absolute atomic E-state index is 0.275. The summed E-state index contributed by atoms with van der Waals surface area (Å²) in [6.07, 6.45) is 0. The van der Waals surface area contributed by atoms with Gasteiger partial charge in [0.25, 0.3) is 0 Å². The van der Waals surface area contributed by atoms with Gasteiger partial charge in [0.15, 0.2) is 11.6 Å². The predicted octanol–water partition coefficient (Wildman–Crippen LogP) is 2.30. The number of rotatable bonds is 7. The van der Waals surface area contributed by atoms with Crippen molar-refractivity contribution in [2.24, 2.45) is 0 Å². The molecule has 1 rings (SSSR count). The number of nitrogens with zero attached hydrogens (tertiary/aromatic N) is 1. The number of halogens is 1. The molecule has 0 radical (unpaired) electrons. The highest BCUT2D eigenvalue weighted by Gasteiger charge is 2.17. The standard InChI is InChI=1S/C14H22FNO2/c1-4-16(11-14(2,3)17)9-10-18-13-8-6-5-7-12(13)15/h5-8,17H,4,9-11H2,1-3H3. The third kappa shape index (κ3) is 5.47. The topological polar surface area (TPSA) is 32.7 Å². The first-order chi connectivity index (χ1) is 8.42. The molecule has 102 valence electrons. The molecule has 0 unspecified atom stereocenters. The molecule has 0 atom stereocenters. The Morgan fingerprint density at radius 2 is 2.00 bits per heavy atom. The monoisotopic (exact) mass is 255 g/mol. The SMILES string of the molecule is CCN(CCOc1ccccc1F)CC(C)(C)O. The molecule has 1 N–H and O–H groups in total. The molecule has 0 aliphatic rings. The zero-order valence-electron chi connectivity index (χ0n) is 11.3. The third-order valence-corrected chi connectivity index (χ3v) is 2.56. The number of ether oxygens (including phenoxy) is 1.